The van der Waals surface area contributed by atoms with Gasteiger partial charge in [-0.3, -0.25) is 19.4 Å². The molecule has 0 spiro atoms. The molecule has 0 radical (unpaired) electrons. The first-order valence-corrected chi connectivity index (χ1v) is 7.77. The Bertz CT molecular complexity index is 260. The van der Waals surface area contributed by atoms with Crippen molar-refractivity contribution in [3.8, 4) is 0 Å². The molecule has 0 heterocycles. The van der Waals surface area contributed by atoms with E-state index in [1.54, 1.807) is 9.80 Å². The van der Waals surface area contributed by atoms with Crippen LogP contribution in [-0.2, 0) is 31.9 Å². The maximum atomic E-state index is 10.6. The van der Waals surface area contributed by atoms with Gasteiger partial charge in [-0.15, -0.1) is 0 Å². The van der Waals surface area contributed by atoms with Crippen LogP contribution in [-0.4, -0.2) is 82.7 Å². The van der Waals surface area contributed by atoms with E-state index in [1.807, 2.05) is 0 Å². The summed E-state index contributed by atoms with van der Waals surface area (Å²) in [5.41, 5.74) is 0. The van der Waals surface area contributed by atoms with Gasteiger partial charge in [0.15, 0.2) is 0 Å². The zero-order valence-corrected chi connectivity index (χ0v) is 14.6. The summed E-state index contributed by atoms with van der Waals surface area (Å²) in [6, 6.07) is 0. The van der Waals surface area contributed by atoms with Crippen molar-refractivity contribution in [1.29, 1.82) is 0 Å². The molecular formula is C10H20N2O5S2Tc. The van der Waals surface area contributed by atoms with Crippen LogP contribution in [0.2, 0.25) is 0 Å². The van der Waals surface area contributed by atoms with E-state index in [-0.39, 0.29) is 13.1 Å². The molecule has 7 nitrogen and oxygen atoms in total. The normalized spacial score (nSPS) is 10.2. The molecule has 0 saturated heterocycles. The summed E-state index contributed by atoms with van der Waals surface area (Å²) >= 11 is 9.04. The molecule has 0 aliphatic heterocycles. The molecule has 0 aromatic rings. The average Bonchev–Trinajstić information content (AvgIpc) is 2.37. The summed E-state index contributed by atoms with van der Waals surface area (Å²) in [6.45, 7) is 2.04. The van der Waals surface area contributed by atoms with E-state index in [4.69, 9.17) is 13.7 Å². The molecule has 20 heavy (non-hydrogen) atoms. The van der Waals surface area contributed by atoms with E-state index in [1.165, 1.54) is 0 Å². The van der Waals surface area contributed by atoms with Gasteiger partial charge in [-0.1, -0.05) is 0 Å². The number of carbonyl (C=O) groups is 2. The Balaban J connectivity index is 0. The number of aliphatic carboxylic acids is 2. The van der Waals surface area contributed by atoms with Crippen LogP contribution in [0.3, 0.4) is 0 Å². The van der Waals surface area contributed by atoms with Crippen LogP contribution in [0.15, 0.2) is 0 Å². The van der Waals surface area contributed by atoms with E-state index in [2.05, 4.69) is 25.3 Å². The van der Waals surface area contributed by atoms with Crippen molar-refractivity contribution in [3.63, 3.8) is 0 Å². The van der Waals surface area contributed by atoms with Gasteiger partial charge in [-0.25, -0.2) is 0 Å². The summed E-state index contributed by atoms with van der Waals surface area (Å²) < 4.78 is 8.22. The second-order valence-corrected chi connectivity index (χ2v) is 4.68. The molecule has 0 atom stereocenters. The van der Waals surface area contributed by atoms with Gasteiger partial charge in [0.25, 0.3) is 0 Å². The molecule has 0 aromatic heterocycles. The third kappa shape index (κ3) is 14.4. The van der Waals surface area contributed by atoms with Crippen molar-refractivity contribution in [2.45, 2.75) is 0 Å². The van der Waals surface area contributed by atoms with Crippen LogP contribution in [0.25, 0.3) is 0 Å². The van der Waals surface area contributed by atoms with Crippen molar-refractivity contribution >= 4 is 37.2 Å². The molecule has 2 N–H and O–H groups in total. The Hall–Kier alpha value is 0.00935. The first-order valence-electron chi connectivity index (χ1n) is 5.75. The second-order valence-electron chi connectivity index (χ2n) is 3.79. The Morgan fingerprint density at radius 2 is 1.10 bits per heavy atom. The fourth-order valence-electron chi connectivity index (χ4n) is 1.49. The van der Waals surface area contributed by atoms with Gasteiger partial charge < -0.3 is 10.2 Å². The SMILES string of the molecule is O=C(O)CN(CCS)CCN(CCS)CC(=O)O.[O]=[99Tc]. The van der Waals surface area contributed by atoms with Crippen molar-refractivity contribution in [2.24, 2.45) is 0 Å². The van der Waals surface area contributed by atoms with Crippen LogP contribution in [0.1, 0.15) is 0 Å². The Kier molecular flexibility index (Phi) is 17.2. The van der Waals surface area contributed by atoms with E-state index in [0.717, 1.165) is 18.9 Å². The van der Waals surface area contributed by atoms with Gasteiger partial charge in [-0.2, -0.15) is 25.3 Å². The molecule has 0 amide bonds. The molecule has 0 rings (SSSR count). The van der Waals surface area contributed by atoms with Crippen molar-refractivity contribution < 1.29 is 42.2 Å². The van der Waals surface area contributed by atoms with Crippen molar-refractivity contribution in [3.05, 3.63) is 0 Å². The summed E-state index contributed by atoms with van der Waals surface area (Å²) in [4.78, 5) is 24.8. The third-order valence-corrected chi connectivity index (χ3v) is 2.68. The first kappa shape index (κ1) is 22.3. The fraction of sp³-hybridized carbons (Fsp3) is 0.800. The maximum absolute atomic E-state index is 10.6. The van der Waals surface area contributed by atoms with Gasteiger partial charge in [0, 0.05) is 37.7 Å². The van der Waals surface area contributed by atoms with Gasteiger partial charge >= 0.3 is 34.3 Å². The van der Waals surface area contributed by atoms with Crippen LogP contribution in [0, 0.1) is 0 Å². The van der Waals surface area contributed by atoms with Gasteiger partial charge in [-0.05, 0) is 0 Å². The Morgan fingerprint density at radius 3 is 1.30 bits per heavy atom. The monoisotopic (exact) mass is 411 g/mol. The molecular weight excluding hydrogens is 391 g/mol. The minimum atomic E-state index is -0.893. The predicted octanol–water partition coefficient (Wildman–Crippen LogP) is -0.502. The molecule has 0 fully saturated rings. The quantitative estimate of drug-likeness (QED) is 0.340. The summed E-state index contributed by atoms with van der Waals surface area (Å²) in [6.07, 6.45) is 0. The summed E-state index contributed by atoms with van der Waals surface area (Å²) in [5, 5.41) is 17.5. The molecule has 0 saturated carbocycles. The van der Waals surface area contributed by atoms with E-state index < -0.39 is 11.9 Å². The molecule has 10 heteroatoms. The number of nitrogens with zero attached hydrogens (tertiary/aromatic N) is 2. The van der Waals surface area contributed by atoms with E-state index >= 15 is 0 Å². The topological polar surface area (TPSA) is 98.2 Å². The number of thiol groups is 2. The number of hydrogen-bond donors (Lipinski definition) is 4. The molecule has 0 aliphatic rings. The number of hydrogen-bond acceptors (Lipinski definition) is 7. The zero-order chi connectivity index (χ0) is 16.0. The summed E-state index contributed by atoms with van der Waals surface area (Å²) in [5.74, 6) is -0.649. The summed E-state index contributed by atoms with van der Waals surface area (Å²) in [7, 11) is 0. The molecule has 119 valence electrons. The van der Waals surface area contributed by atoms with Crippen LogP contribution in [0.5, 0.6) is 0 Å². The number of rotatable bonds is 11. The zero-order valence-electron chi connectivity index (χ0n) is 10.9. The van der Waals surface area contributed by atoms with Gasteiger partial charge in [0.1, 0.15) is 0 Å². The standard InChI is InChI=1S/C10H20N2O4S2.O.Tc/c13-9(14)7-11(3-5-17)1-2-12(4-6-18)8-10(15)16;;/h17-18H,1-8H2,(H,13,14)(H,15,16);;/i;;1+1. The van der Waals surface area contributed by atoms with Crippen molar-refractivity contribution in [2.75, 3.05) is 50.8 Å². The molecule has 0 bridgehead atoms. The van der Waals surface area contributed by atoms with Crippen LogP contribution < -0.4 is 0 Å². The predicted molar refractivity (Wildman–Crippen MR) is 76.5 cm³/mol. The van der Waals surface area contributed by atoms with Crippen LogP contribution >= 0.6 is 25.3 Å². The number of carboxylic acid groups (broad SMARTS) is 2. The second kappa shape index (κ2) is 15.4. The van der Waals surface area contributed by atoms with E-state index in [0.29, 0.717) is 37.7 Å². The molecule has 0 aromatic carbocycles. The van der Waals surface area contributed by atoms with Gasteiger partial charge in [0.2, 0.25) is 0 Å². The van der Waals surface area contributed by atoms with Crippen molar-refractivity contribution in [1.82, 2.24) is 9.80 Å². The number of carboxylic acids is 2. The van der Waals surface area contributed by atoms with Crippen LogP contribution in [0.4, 0.5) is 0 Å². The first-order chi connectivity index (χ1) is 9.49. The molecule has 0 unspecified atom stereocenters. The third-order valence-electron chi connectivity index (χ3n) is 2.28. The average molecular weight is 411 g/mol. The van der Waals surface area contributed by atoms with Gasteiger partial charge in [0.05, 0.1) is 13.1 Å². The Labute approximate surface area is 140 Å². The fourth-order valence-corrected chi connectivity index (χ4v) is 2.05. The minimum absolute atomic E-state index is 0.0532. The Morgan fingerprint density at radius 1 is 0.800 bits per heavy atom. The molecule has 0 aliphatic carbocycles. The van der Waals surface area contributed by atoms with E-state index in [9.17, 15) is 9.59 Å².